The fraction of sp³-hybridized carbons (Fsp3) is 1.00. The quantitative estimate of drug-likeness (QED) is 0.779. The van der Waals surface area contributed by atoms with Crippen LogP contribution in [0.25, 0.3) is 0 Å². The van der Waals surface area contributed by atoms with Crippen LogP contribution in [0.1, 0.15) is 53.4 Å². The number of hydrogen-bond donors (Lipinski definition) is 2. The van der Waals surface area contributed by atoms with Crippen molar-refractivity contribution in [1.82, 2.24) is 5.32 Å². The molecular formula is C16H31NO2. The van der Waals surface area contributed by atoms with Gasteiger partial charge in [0.25, 0.3) is 0 Å². The number of hydrogen-bond acceptors (Lipinski definition) is 3. The minimum atomic E-state index is -0.0525. The number of nitrogens with one attached hydrogen (secondary N) is 1. The maximum Gasteiger partial charge on any atom is 0.0656 e. The lowest BCUT2D eigenvalue weighted by atomic mass is 9.64. The Bertz CT molecular complexity index is 290. The van der Waals surface area contributed by atoms with Gasteiger partial charge in [0, 0.05) is 18.1 Å². The molecule has 0 amide bonds. The van der Waals surface area contributed by atoms with Gasteiger partial charge in [-0.1, -0.05) is 27.7 Å². The molecule has 2 saturated carbocycles. The molecule has 3 heteroatoms. The smallest absolute Gasteiger partial charge is 0.0656 e. The summed E-state index contributed by atoms with van der Waals surface area (Å²) in [5.41, 5.74) is 0.242. The molecule has 2 fully saturated rings. The normalized spacial score (nSPS) is 37.6. The highest BCUT2D eigenvalue weighted by Crippen LogP contribution is 2.43. The Morgan fingerprint density at radius 1 is 1.26 bits per heavy atom. The summed E-state index contributed by atoms with van der Waals surface area (Å²) in [7, 11) is 0. The van der Waals surface area contributed by atoms with E-state index >= 15 is 0 Å². The van der Waals surface area contributed by atoms with Gasteiger partial charge in [-0.15, -0.1) is 0 Å². The standard InChI is InChI=1S/C16H31NO2/c1-11(2)10-19-15-8-14(16(15,3)4)17-9-12-5-6-13(18)7-12/h11-15,17-18H,5-10H2,1-4H3. The van der Waals surface area contributed by atoms with Crippen LogP contribution >= 0.6 is 0 Å². The first-order chi connectivity index (χ1) is 8.89. The van der Waals surface area contributed by atoms with Gasteiger partial charge >= 0.3 is 0 Å². The Morgan fingerprint density at radius 3 is 2.53 bits per heavy atom. The minimum Gasteiger partial charge on any atom is -0.393 e. The zero-order chi connectivity index (χ0) is 14.0. The SMILES string of the molecule is CC(C)COC1CC(NCC2CCC(O)C2)C1(C)C. The third-order valence-electron chi connectivity index (χ3n) is 4.97. The van der Waals surface area contributed by atoms with Gasteiger partial charge in [0.15, 0.2) is 0 Å². The number of ether oxygens (including phenoxy) is 1. The van der Waals surface area contributed by atoms with E-state index in [9.17, 15) is 5.11 Å². The predicted octanol–water partition coefficient (Wildman–Crippen LogP) is 2.58. The molecule has 0 aromatic heterocycles. The van der Waals surface area contributed by atoms with E-state index in [2.05, 4.69) is 33.0 Å². The lowest BCUT2D eigenvalue weighted by Crippen LogP contribution is -2.61. The van der Waals surface area contributed by atoms with E-state index in [-0.39, 0.29) is 11.5 Å². The van der Waals surface area contributed by atoms with Crippen molar-refractivity contribution in [3.63, 3.8) is 0 Å². The first-order valence-electron chi connectivity index (χ1n) is 7.92. The predicted molar refractivity (Wildman–Crippen MR) is 78.1 cm³/mol. The maximum atomic E-state index is 9.55. The summed E-state index contributed by atoms with van der Waals surface area (Å²) in [5.74, 6) is 1.28. The molecule has 19 heavy (non-hydrogen) atoms. The molecule has 112 valence electrons. The lowest BCUT2D eigenvalue weighted by molar-refractivity contribution is -0.124. The van der Waals surface area contributed by atoms with E-state index < -0.39 is 0 Å². The van der Waals surface area contributed by atoms with Crippen LogP contribution in [0, 0.1) is 17.3 Å². The van der Waals surface area contributed by atoms with Gasteiger partial charge in [0.05, 0.1) is 12.2 Å². The van der Waals surface area contributed by atoms with Crippen LogP contribution in [0.15, 0.2) is 0 Å². The summed E-state index contributed by atoms with van der Waals surface area (Å²) in [6, 6.07) is 0.572. The molecule has 4 unspecified atom stereocenters. The summed E-state index contributed by atoms with van der Waals surface area (Å²) in [6.07, 6.45) is 4.63. The lowest BCUT2D eigenvalue weighted by Gasteiger charge is -2.52. The average Bonchev–Trinajstić information content (AvgIpc) is 2.72. The van der Waals surface area contributed by atoms with Gasteiger partial charge in [0.2, 0.25) is 0 Å². The van der Waals surface area contributed by atoms with E-state index in [0.717, 1.165) is 32.4 Å². The number of aliphatic hydroxyl groups is 1. The van der Waals surface area contributed by atoms with Crippen LogP contribution in [-0.2, 0) is 4.74 Å². The van der Waals surface area contributed by atoms with Crippen LogP contribution in [-0.4, -0.2) is 36.5 Å². The number of aliphatic hydroxyl groups excluding tert-OH is 1. The second kappa shape index (κ2) is 6.11. The summed E-state index contributed by atoms with van der Waals surface area (Å²) in [6.45, 7) is 10.9. The second-order valence-corrected chi connectivity index (χ2v) is 7.57. The highest BCUT2D eigenvalue weighted by Gasteiger charge is 2.48. The molecule has 0 aromatic rings. The largest absolute Gasteiger partial charge is 0.393 e. The molecule has 0 radical (unpaired) electrons. The van der Waals surface area contributed by atoms with Crippen molar-refractivity contribution in [3.8, 4) is 0 Å². The van der Waals surface area contributed by atoms with Gasteiger partial charge in [-0.25, -0.2) is 0 Å². The highest BCUT2D eigenvalue weighted by atomic mass is 16.5. The van der Waals surface area contributed by atoms with Crippen molar-refractivity contribution in [3.05, 3.63) is 0 Å². The van der Waals surface area contributed by atoms with Crippen molar-refractivity contribution < 1.29 is 9.84 Å². The van der Waals surface area contributed by atoms with Crippen molar-refractivity contribution in [2.24, 2.45) is 17.3 Å². The summed E-state index contributed by atoms with van der Waals surface area (Å²) >= 11 is 0. The molecule has 0 aromatic carbocycles. The van der Waals surface area contributed by atoms with Gasteiger partial charge in [-0.3, -0.25) is 0 Å². The monoisotopic (exact) mass is 269 g/mol. The fourth-order valence-corrected chi connectivity index (χ4v) is 3.37. The topological polar surface area (TPSA) is 41.5 Å². The summed E-state index contributed by atoms with van der Waals surface area (Å²) in [4.78, 5) is 0. The van der Waals surface area contributed by atoms with Crippen molar-refractivity contribution in [1.29, 1.82) is 0 Å². The Hall–Kier alpha value is -0.120. The Balaban J connectivity index is 1.69. The van der Waals surface area contributed by atoms with E-state index in [1.54, 1.807) is 0 Å². The molecule has 0 spiro atoms. The summed E-state index contributed by atoms with van der Waals surface area (Å²) < 4.78 is 5.99. The van der Waals surface area contributed by atoms with Crippen LogP contribution in [0.3, 0.4) is 0 Å². The summed E-state index contributed by atoms with van der Waals surface area (Å²) in [5, 5.41) is 13.3. The van der Waals surface area contributed by atoms with Crippen LogP contribution in [0.2, 0.25) is 0 Å². The second-order valence-electron chi connectivity index (χ2n) is 7.57. The van der Waals surface area contributed by atoms with Crippen LogP contribution in [0.4, 0.5) is 0 Å². The van der Waals surface area contributed by atoms with Crippen molar-refractivity contribution in [2.75, 3.05) is 13.2 Å². The minimum absolute atomic E-state index is 0.0525. The van der Waals surface area contributed by atoms with Crippen molar-refractivity contribution >= 4 is 0 Å². The Morgan fingerprint density at radius 2 is 2.00 bits per heavy atom. The van der Waals surface area contributed by atoms with Crippen LogP contribution < -0.4 is 5.32 Å². The van der Waals surface area contributed by atoms with E-state index in [4.69, 9.17) is 4.74 Å². The molecule has 0 saturated heterocycles. The average molecular weight is 269 g/mol. The molecule has 0 aliphatic heterocycles. The van der Waals surface area contributed by atoms with Gasteiger partial charge in [-0.2, -0.15) is 0 Å². The molecule has 2 aliphatic carbocycles. The molecule has 0 heterocycles. The molecule has 4 atom stereocenters. The zero-order valence-corrected chi connectivity index (χ0v) is 13.0. The first-order valence-corrected chi connectivity index (χ1v) is 7.92. The van der Waals surface area contributed by atoms with Gasteiger partial charge in [-0.05, 0) is 44.1 Å². The Kier molecular flexibility index (Phi) is 4.91. The first kappa shape index (κ1) is 15.3. The molecular weight excluding hydrogens is 238 g/mol. The van der Waals surface area contributed by atoms with E-state index in [1.807, 2.05) is 0 Å². The van der Waals surface area contributed by atoms with Crippen molar-refractivity contribution in [2.45, 2.75) is 71.6 Å². The van der Waals surface area contributed by atoms with E-state index in [0.29, 0.717) is 24.0 Å². The number of rotatable bonds is 6. The maximum absolute atomic E-state index is 9.55. The third kappa shape index (κ3) is 3.71. The molecule has 2 rings (SSSR count). The van der Waals surface area contributed by atoms with Crippen LogP contribution in [0.5, 0.6) is 0 Å². The van der Waals surface area contributed by atoms with Gasteiger partial charge < -0.3 is 15.2 Å². The Labute approximate surface area is 118 Å². The molecule has 2 N–H and O–H groups in total. The molecule has 0 bridgehead atoms. The van der Waals surface area contributed by atoms with E-state index in [1.165, 1.54) is 6.42 Å². The zero-order valence-electron chi connectivity index (χ0n) is 13.0. The molecule has 2 aliphatic rings. The highest BCUT2D eigenvalue weighted by molar-refractivity contribution is 5.03. The fourth-order valence-electron chi connectivity index (χ4n) is 3.37. The third-order valence-corrected chi connectivity index (χ3v) is 4.97. The van der Waals surface area contributed by atoms with Gasteiger partial charge in [0.1, 0.15) is 0 Å². The molecule has 3 nitrogen and oxygen atoms in total.